The number of anilines is 2. The van der Waals surface area contributed by atoms with E-state index in [2.05, 4.69) is 17.4 Å². The Morgan fingerprint density at radius 3 is 2.52 bits per heavy atom. The Morgan fingerprint density at radius 2 is 1.79 bits per heavy atom. The minimum absolute atomic E-state index is 0.0642. The molecule has 0 saturated carbocycles. The molecule has 2 amide bonds. The van der Waals surface area contributed by atoms with Crippen molar-refractivity contribution >= 4 is 23.2 Å². The molecule has 0 radical (unpaired) electrons. The molecule has 0 saturated heterocycles. The van der Waals surface area contributed by atoms with Crippen molar-refractivity contribution < 1.29 is 19.1 Å². The number of rotatable bonds is 8. The Hall–Kier alpha value is -3.80. The van der Waals surface area contributed by atoms with Crippen molar-refractivity contribution in [2.75, 3.05) is 23.4 Å². The second-order valence-corrected chi connectivity index (χ2v) is 7.97. The van der Waals surface area contributed by atoms with E-state index in [1.807, 2.05) is 55.5 Å². The summed E-state index contributed by atoms with van der Waals surface area (Å²) in [5.74, 6) is 1.19. The molecule has 1 heterocycles. The number of benzene rings is 3. The van der Waals surface area contributed by atoms with Gasteiger partial charge in [-0.2, -0.15) is 0 Å². The van der Waals surface area contributed by atoms with Crippen molar-refractivity contribution in [1.82, 2.24) is 0 Å². The average molecular weight is 445 g/mol. The van der Waals surface area contributed by atoms with Crippen LogP contribution in [0.4, 0.5) is 11.4 Å². The van der Waals surface area contributed by atoms with Crippen molar-refractivity contribution in [3.8, 4) is 11.5 Å². The predicted molar refractivity (Wildman–Crippen MR) is 129 cm³/mol. The number of carbonyl (C=O) groups is 2. The zero-order valence-electron chi connectivity index (χ0n) is 18.9. The van der Waals surface area contributed by atoms with Crippen LogP contribution in [-0.4, -0.2) is 31.1 Å². The maximum absolute atomic E-state index is 12.8. The van der Waals surface area contributed by atoms with Crippen LogP contribution >= 0.6 is 0 Å². The summed E-state index contributed by atoms with van der Waals surface area (Å²) < 4.78 is 11.3. The Balaban J connectivity index is 1.43. The molecule has 1 aliphatic rings. The number of carbonyl (C=O) groups excluding carboxylic acids is 2. The van der Waals surface area contributed by atoms with Crippen LogP contribution in [0.1, 0.15) is 25.0 Å². The summed E-state index contributed by atoms with van der Waals surface area (Å²) in [6.07, 6.45) is 0.421. The Morgan fingerprint density at radius 1 is 1.03 bits per heavy atom. The lowest BCUT2D eigenvalue weighted by Gasteiger charge is -2.33. The zero-order valence-corrected chi connectivity index (χ0v) is 18.9. The number of amides is 2. The monoisotopic (exact) mass is 444 g/mol. The molecule has 3 aromatic rings. The van der Waals surface area contributed by atoms with Crippen molar-refractivity contribution in [2.45, 2.75) is 32.8 Å². The molecule has 1 aliphatic heterocycles. The highest BCUT2D eigenvalue weighted by Crippen LogP contribution is 2.36. The maximum atomic E-state index is 12.8. The standard InChI is InChI=1S/C27H28N2O4/c1-3-32-23-12-9-21(10-13-23)17-26(30)28-22-11-14-24-25(18-22)33-19(2)27(31)29(24)16-15-20-7-5-4-6-8-20/h4-14,18-19H,3,15-17H2,1-2H3,(H,28,30). The van der Waals surface area contributed by atoms with Crippen molar-refractivity contribution in [3.05, 3.63) is 83.9 Å². The molecule has 0 fully saturated rings. The van der Waals surface area contributed by atoms with Gasteiger partial charge >= 0.3 is 0 Å². The van der Waals surface area contributed by atoms with Crippen LogP contribution in [0.15, 0.2) is 72.8 Å². The highest BCUT2D eigenvalue weighted by molar-refractivity contribution is 6.00. The molecule has 3 aromatic carbocycles. The van der Waals surface area contributed by atoms with Gasteiger partial charge in [-0.15, -0.1) is 0 Å². The van der Waals surface area contributed by atoms with Crippen LogP contribution in [0.3, 0.4) is 0 Å². The number of fused-ring (bicyclic) bond motifs is 1. The molecule has 0 aromatic heterocycles. The van der Waals surface area contributed by atoms with Gasteiger partial charge in [0, 0.05) is 18.3 Å². The summed E-state index contributed by atoms with van der Waals surface area (Å²) in [6, 6.07) is 23.0. The van der Waals surface area contributed by atoms with Gasteiger partial charge in [-0.3, -0.25) is 9.59 Å². The van der Waals surface area contributed by atoms with Gasteiger partial charge in [0.05, 0.1) is 18.7 Å². The third-order valence-corrected chi connectivity index (χ3v) is 5.52. The smallest absolute Gasteiger partial charge is 0.267 e. The number of nitrogens with zero attached hydrogens (tertiary/aromatic N) is 1. The number of hydrogen-bond donors (Lipinski definition) is 1. The second-order valence-electron chi connectivity index (χ2n) is 7.97. The largest absolute Gasteiger partial charge is 0.494 e. The van der Waals surface area contributed by atoms with E-state index in [0.717, 1.165) is 23.4 Å². The van der Waals surface area contributed by atoms with Gasteiger partial charge in [0.15, 0.2) is 6.10 Å². The van der Waals surface area contributed by atoms with E-state index in [0.29, 0.717) is 24.6 Å². The lowest BCUT2D eigenvalue weighted by atomic mass is 10.1. The fraction of sp³-hybridized carbons (Fsp3) is 0.259. The number of nitrogens with one attached hydrogen (secondary N) is 1. The lowest BCUT2D eigenvalue weighted by molar-refractivity contribution is -0.125. The highest BCUT2D eigenvalue weighted by Gasteiger charge is 2.31. The molecule has 0 aliphatic carbocycles. The molecule has 1 N–H and O–H groups in total. The third-order valence-electron chi connectivity index (χ3n) is 5.52. The maximum Gasteiger partial charge on any atom is 0.267 e. The molecule has 0 spiro atoms. The van der Waals surface area contributed by atoms with E-state index in [9.17, 15) is 9.59 Å². The quantitative estimate of drug-likeness (QED) is 0.550. The molecule has 6 heteroatoms. The predicted octanol–water partition coefficient (Wildman–Crippen LogP) is 4.62. The summed E-state index contributed by atoms with van der Waals surface area (Å²) >= 11 is 0. The minimum atomic E-state index is -0.580. The van der Waals surface area contributed by atoms with E-state index >= 15 is 0 Å². The van der Waals surface area contributed by atoms with Gasteiger partial charge in [-0.25, -0.2) is 0 Å². The Bertz CT molecular complexity index is 1110. The van der Waals surface area contributed by atoms with Crippen LogP contribution in [0, 0.1) is 0 Å². The normalized spacial score (nSPS) is 14.9. The minimum Gasteiger partial charge on any atom is -0.494 e. The fourth-order valence-corrected chi connectivity index (χ4v) is 3.87. The first-order valence-electron chi connectivity index (χ1n) is 11.2. The van der Waals surface area contributed by atoms with Crippen LogP contribution in [0.2, 0.25) is 0 Å². The molecule has 1 atom stereocenters. The van der Waals surface area contributed by atoms with Crippen LogP contribution in [-0.2, 0) is 22.4 Å². The average Bonchev–Trinajstić information content (AvgIpc) is 2.81. The van der Waals surface area contributed by atoms with Crippen molar-refractivity contribution in [2.24, 2.45) is 0 Å². The molecule has 33 heavy (non-hydrogen) atoms. The molecular weight excluding hydrogens is 416 g/mol. The molecule has 0 bridgehead atoms. The summed E-state index contributed by atoms with van der Waals surface area (Å²) in [5.41, 5.74) is 3.42. The van der Waals surface area contributed by atoms with Gasteiger partial charge < -0.3 is 19.7 Å². The van der Waals surface area contributed by atoms with Crippen LogP contribution in [0.5, 0.6) is 11.5 Å². The van der Waals surface area contributed by atoms with Gasteiger partial charge in [0.1, 0.15) is 11.5 Å². The van der Waals surface area contributed by atoms with Crippen molar-refractivity contribution in [1.29, 1.82) is 0 Å². The van der Waals surface area contributed by atoms with Crippen LogP contribution < -0.4 is 19.7 Å². The first kappa shape index (κ1) is 22.4. The summed E-state index contributed by atoms with van der Waals surface area (Å²) in [6.45, 7) is 4.85. The Labute approximate surface area is 194 Å². The van der Waals surface area contributed by atoms with Gasteiger partial charge in [0.25, 0.3) is 5.91 Å². The van der Waals surface area contributed by atoms with E-state index < -0.39 is 6.10 Å². The summed E-state index contributed by atoms with van der Waals surface area (Å²) in [5, 5.41) is 2.93. The topological polar surface area (TPSA) is 67.9 Å². The third kappa shape index (κ3) is 5.52. The fourth-order valence-electron chi connectivity index (χ4n) is 3.87. The molecule has 170 valence electrons. The SMILES string of the molecule is CCOc1ccc(CC(=O)Nc2ccc3c(c2)OC(C)C(=O)N3CCc2ccccc2)cc1. The summed E-state index contributed by atoms with van der Waals surface area (Å²) in [4.78, 5) is 27.1. The molecule has 4 rings (SSSR count). The number of hydrogen-bond acceptors (Lipinski definition) is 4. The number of ether oxygens (including phenoxy) is 2. The first-order valence-corrected chi connectivity index (χ1v) is 11.2. The summed E-state index contributed by atoms with van der Waals surface area (Å²) in [7, 11) is 0. The van der Waals surface area contributed by atoms with Gasteiger partial charge in [-0.05, 0) is 55.7 Å². The second kappa shape index (κ2) is 10.2. The van der Waals surface area contributed by atoms with Gasteiger partial charge in [0.2, 0.25) is 5.91 Å². The molecule has 6 nitrogen and oxygen atoms in total. The Kier molecular flexibility index (Phi) is 6.93. The lowest BCUT2D eigenvalue weighted by Crippen LogP contribution is -2.45. The highest BCUT2D eigenvalue weighted by atomic mass is 16.5. The van der Waals surface area contributed by atoms with Crippen LogP contribution in [0.25, 0.3) is 0 Å². The first-order chi connectivity index (χ1) is 16.0. The molecule has 1 unspecified atom stereocenters. The van der Waals surface area contributed by atoms with E-state index in [1.165, 1.54) is 5.56 Å². The van der Waals surface area contributed by atoms with E-state index in [4.69, 9.17) is 9.47 Å². The van der Waals surface area contributed by atoms with Crippen molar-refractivity contribution in [3.63, 3.8) is 0 Å². The zero-order chi connectivity index (χ0) is 23.2. The van der Waals surface area contributed by atoms with Gasteiger partial charge in [-0.1, -0.05) is 42.5 Å². The van der Waals surface area contributed by atoms with E-state index in [1.54, 1.807) is 24.0 Å². The van der Waals surface area contributed by atoms with E-state index in [-0.39, 0.29) is 18.2 Å². The molecular formula is C27H28N2O4.